The third kappa shape index (κ3) is 0.744. The predicted octanol–water partition coefficient (Wildman–Crippen LogP) is 2.85. The molecule has 0 aromatic rings. The van der Waals surface area contributed by atoms with Crippen LogP contribution in [0.3, 0.4) is 0 Å². The van der Waals surface area contributed by atoms with E-state index in [-0.39, 0.29) is 0 Å². The molecule has 0 saturated heterocycles. The molecule has 0 radical (unpaired) electrons. The van der Waals surface area contributed by atoms with Crippen LogP contribution in [-0.2, 0) is 0 Å². The van der Waals surface area contributed by atoms with Crippen LogP contribution in [0, 0.1) is 23.7 Å². The van der Waals surface area contributed by atoms with E-state index >= 15 is 0 Å². The zero-order chi connectivity index (χ0) is 7.14. The Bertz CT molecular complexity index is 139. The summed E-state index contributed by atoms with van der Waals surface area (Å²) in [6.07, 6.45) is 7.79. The van der Waals surface area contributed by atoms with Gasteiger partial charge in [-0.25, -0.2) is 0 Å². The van der Waals surface area contributed by atoms with Gasteiger partial charge in [0.15, 0.2) is 0 Å². The number of hydrogen-bond donors (Lipinski definition) is 0. The molecule has 4 atom stereocenters. The molecule has 10 heavy (non-hydrogen) atoms. The van der Waals surface area contributed by atoms with Gasteiger partial charge in [0.25, 0.3) is 0 Å². The van der Waals surface area contributed by atoms with E-state index in [1.165, 1.54) is 12.8 Å². The van der Waals surface area contributed by atoms with Crippen molar-refractivity contribution < 1.29 is 0 Å². The first-order valence-corrected chi connectivity index (χ1v) is 4.47. The van der Waals surface area contributed by atoms with Crippen LogP contribution in [-0.4, -0.2) is 0 Å². The molecule has 0 aromatic heterocycles. The van der Waals surface area contributed by atoms with E-state index in [2.05, 4.69) is 26.0 Å². The normalized spacial score (nSPS) is 51.8. The Labute approximate surface area is 63.3 Å². The molecular formula is C10H16. The smallest absolute Gasteiger partial charge is 0.0205 e. The monoisotopic (exact) mass is 136 g/mol. The van der Waals surface area contributed by atoms with Gasteiger partial charge in [-0.1, -0.05) is 26.0 Å². The average Bonchev–Trinajstić information content (AvgIpc) is 2.00. The Morgan fingerprint density at radius 2 is 1.30 bits per heavy atom. The predicted molar refractivity (Wildman–Crippen MR) is 43.7 cm³/mol. The summed E-state index contributed by atoms with van der Waals surface area (Å²) >= 11 is 0. The lowest BCUT2D eigenvalue weighted by Gasteiger charge is -2.41. The van der Waals surface area contributed by atoms with Crippen molar-refractivity contribution in [3.8, 4) is 0 Å². The molecule has 0 aliphatic heterocycles. The van der Waals surface area contributed by atoms with Crippen LogP contribution in [0.25, 0.3) is 0 Å². The highest BCUT2D eigenvalue weighted by Gasteiger charge is 2.34. The van der Waals surface area contributed by atoms with Crippen molar-refractivity contribution in [2.75, 3.05) is 0 Å². The molecule has 0 spiro atoms. The molecule has 3 aliphatic rings. The van der Waals surface area contributed by atoms with Crippen LogP contribution in [0.4, 0.5) is 0 Å². The summed E-state index contributed by atoms with van der Waals surface area (Å²) in [6, 6.07) is 0. The Kier molecular flexibility index (Phi) is 1.36. The minimum atomic E-state index is 0.917. The molecule has 0 heterocycles. The minimum absolute atomic E-state index is 0.917. The lowest BCUT2D eigenvalue weighted by Crippen LogP contribution is -2.33. The fraction of sp³-hybridized carbons (Fsp3) is 0.800. The number of hydrogen-bond acceptors (Lipinski definition) is 0. The Morgan fingerprint density at radius 1 is 0.900 bits per heavy atom. The van der Waals surface area contributed by atoms with Gasteiger partial charge >= 0.3 is 0 Å². The maximum absolute atomic E-state index is 2.44. The van der Waals surface area contributed by atoms with Gasteiger partial charge in [0.1, 0.15) is 0 Å². The molecule has 0 nitrogen and oxygen atoms in total. The van der Waals surface area contributed by atoms with E-state index in [1.54, 1.807) is 0 Å². The van der Waals surface area contributed by atoms with Gasteiger partial charge in [-0.2, -0.15) is 0 Å². The van der Waals surface area contributed by atoms with Crippen molar-refractivity contribution >= 4 is 0 Å². The first-order chi connectivity index (χ1) is 4.79. The standard InChI is InChI=1S/C10H16/c1-7-8(2)10-5-3-9(7)4-6-10/h3,5,7-10H,4,6H2,1-2H3/t7-,8+,9+,10-. The first kappa shape index (κ1) is 6.45. The van der Waals surface area contributed by atoms with Crippen LogP contribution in [0.5, 0.6) is 0 Å². The molecule has 56 valence electrons. The topological polar surface area (TPSA) is 0 Å². The third-order valence-electron chi connectivity index (χ3n) is 3.62. The molecule has 0 aromatic carbocycles. The van der Waals surface area contributed by atoms with Crippen LogP contribution in [0.15, 0.2) is 12.2 Å². The van der Waals surface area contributed by atoms with Gasteiger partial charge in [0, 0.05) is 0 Å². The Morgan fingerprint density at radius 3 is 1.50 bits per heavy atom. The van der Waals surface area contributed by atoms with Crippen LogP contribution in [0.1, 0.15) is 26.7 Å². The second-order valence-corrected chi connectivity index (χ2v) is 4.01. The van der Waals surface area contributed by atoms with Gasteiger partial charge in [-0.15, -0.1) is 0 Å². The van der Waals surface area contributed by atoms with Gasteiger partial charge in [-0.3, -0.25) is 0 Å². The summed E-state index contributed by atoms with van der Waals surface area (Å²) < 4.78 is 0. The fourth-order valence-corrected chi connectivity index (χ4v) is 2.52. The second-order valence-electron chi connectivity index (χ2n) is 4.01. The minimum Gasteiger partial charge on any atom is -0.0849 e. The SMILES string of the molecule is C[C@@H]1[C@H](C)[C@@H]2C=C[C@H]1CC2. The number of rotatable bonds is 0. The van der Waals surface area contributed by atoms with Crippen molar-refractivity contribution in [2.45, 2.75) is 26.7 Å². The van der Waals surface area contributed by atoms with Crippen LogP contribution in [0.2, 0.25) is 0 Å². The molecule has 1 saturated carbocycles. The second kappa shape index (κ2) is 2.11. The summed E-state index contributed by atoms with van der Waals surface area (Å²) in [4.78, 5) is 0. The van der Waals surface area contributed by atoms with E-state index in [0.29, 0.717) is 0 Å². The summed E-state index contributed by atoms with van der Waals surface area (Å²) in [6.45, 7) is 4.82. The highest BCUT2D eigenvalue weighted by molar-refractivity contribution is 5.07. The van der Waals surface area contributed by atoms with E-state index in [1.807, 2.05) is 0 Å². The molecular weight excluding hydrogens is 120 g/mol. The van der Waals surface area contributed by atoms with Crippen molar-refractivity contribution in [2.24, 2.45) is 23.7 Å². The fourth-order valence-electron chi connectivity index (χ4n) is 2.52. The van der Waals surface area contributed by atoms with Crippen molar-refractivity contribution in [3.05, 3.63) is 12.2 Å². The summed E-state index contributed by atoms with van der Waals surface area (Å²) in [5.41, 5.74) is 0. The Hall–Kier alpha value is -0.260. The van der Waals surface area contributed by atoms with E-state index < -0.39 is 0 Å². The maximum atomic E-state index is 2.44. The van der Waals surface area contributed by atoms with E-state index in [4.69, 9.17) is 0 Å². The molecule has 3 rings (SSSR count). The van der Waals surface area contributed by atoms with Crippen molar-refractivity contribution in [1.29, 1.82) is 0 Å². The lowest BCUT2D eigenvalue weighted by molar-refractivity contribution is 0.152. The number of allylic oxidation sites excluding steroid dienone is 2. The van der Waals surface area contributed by atoms with E-state index in [0.717, 1.165) is 23.7 Å². The first-order valence-electron chi connectivity index (χ1n) is 4.47. The maximum Gasteiger partial charge on any atom is -0.0205 e. The molecule has 0 N–H and O–H groups in total. The van der Waals surface area contributed by atoms with Crippen LogP contribution >= 0.6 is 0 Å². The molecule has 1 fully saturated rings. The number of fused-ring (bicyclic) bond motifs is 2. The molecule has 0 heteroatoms. The molecule has 3 aliphatic carbocycles. The van der Waals surface area contributed by atoms with Gasteiger partial charge in [-0.05, 0) is 36.5 Å². The summed E-state index contributed by atoms with van der Waals surface area (Å²) in [7, 11) is 0. The zero-order valence-corrected chi connectivity index (χ0v) is 6.88. The molecule has 2 bridgehead atoms. The Balaban J connectivity index is 2.25. The quantitative estimate of drug-likeness (QED) is 0.449. The highest BCUT2D eigenvalue weighted by atomic mass is 14.4. The lowest BCUT2D eigenvalue weighted by atomic mass is 9.64. The van der Waals surface area contributed by atoms with E-state index in [9.17, 15) is 0 Å². The summed E-state index contributed by atoms with van der Waals surface area (Å²) in [5.74, 6) is 3.73. The zero-order valence-electron chi connectivity index (χ0n) is 6.88. The van der Waals surface area contributed by atoms with Gasteiger partial charge < -0.3 is 0 Å². The summed E-state index contributed by atoms with van der Waals surface area (Å²) in [5, 5.41) is 0. The average molecular weight is 136 g/mol. The third-order valence-corrected chi connectivity index (χ3v) is 3.62. The molecule has 0 amide bonds. The van der Waals surface area contributed by atoms with Crippen LogP contribution < -0.4 is 0 Å². The van der Waals surface area contributed by atoms with Crippen molar-refractivity contribution in [1.82, 2.24) is 0 Å². The van der Waals surface area contributed by atoms with Gasteiger partial charge in [0.05, 0.1) is 0 Å². The van der Waals surface area contributed by atoms with Gasteiger partial charge in [0.2, 0.25) is 0 Å². The molecule has 0 unspecified atom stereocenters. The largest absolute Gasteiger partial charge is 0.0849 e. The van der Waals surface area contributed by atoms with Crippen molar-refractivity contribution in [3.63, 3.8) is 0 Å². The highest BCUT2D eigenvalue weighted by Crippen LogP contribution is 2.43.